The minimum Gasteiger partial charge on any atom is -0.394 e. The molecule has 0 aliphatic heterocycles. The molecular formula is C14H17Cl2NO3. The van der Waals surface area contributed by atoms with Crippen molar-refractivity contribution in [1.82, 2.24) is 5.32 Å². The highest BCUT2D eigenvalue weighted by molar-refractivity contribution is 6.42. The fraction of sp³-hybridized carbons (Fsp3) is 0.357. The SMILES string of the molecule is O=C(/C=C/c1ccc(Cl)c(Cl)c1)NCCCOCCO. The van der Waals surface area contributed by atoms with E-state index in [0.29, 0.717) is 36.2 Å². The van der Waals surface area contributed by atoms with Crippen LogP contribution in [0.25, 0.3) is 6.08 Å². The Hall–Kier alpha value is -1.07. The van der Waals surface area contributed by atoms with Gasteiger partial charge < -0.3 is 15.2 Å². The molecule has 2 N–H and O–H groups in total. The van der Waals surface area contributed by atoms with Crippen LogP contribution >= 0.6 is 23.2 Å². The van der Waals surface area contributed by atoms with Crippen LogP contribution in [0.4, 0.5) is 0 Å². The summed E-state index contributed by atoms with van der Waals surface area (Å²) in [7, 11) is 0. The average Bonchev–Trinajstić information content (AvgIpc) is 2.44. The van der Waals surface area contributed by atoms with Gasteiger partial charge in [-0.1, -0.05) is 29.3 Å². The molecule has 0 heterocycles. The van der Waals surface area contributed by atoms with E-state index in [1.54, 1.807) is 24.3 Å². The van der Waals surface area contributed by atoms with Crippen molar-refractivity contribution in [2.24, 2.45) is 0 Å². The highest BCUT2D eigenvalue weighted by Crippen LogP contribution is 2.22. The summed E-state index contributed by atoms with van der Waals surface area (Å²) in [6, 6.07) is 5.15. The van der Waals surface area contributed by atoms with Crippen molar-refractivity contribution in [3.05, 3.63) is 39.9 Å². The Morgan fingerprint density at radius 1 is 1.30 bits per heavy atom. The van der Waals surface area contributed by atoms with Crippen LogP contribution in [0, 0.1) is 0 Å². The van der Waals surface area contributed by atoms with Crippen molar-refractivity contribution in [3.63, 3.8) is 0 Å². The van der Waals surface area contributed by atoms with Crippen molar-refractivity contribution in [3.8, 4) is 0 Å². The highest BCUT2D eigenvalue weighted by atomic mass is 35.5. The molecule has 0 aliphatic rings. The monoisotopic (exact) mass is 317 g/mol. The van der Waals surface area contributed by atoms with Gasteiger partial charge in [0.1, 0.15) is 0 Å². The topological polar surface area (TPSA) is 58.6 Å². The van der Waals surface area contributed by atoms with Crippen LogP contribution in [0.5, 0.6) is 0 Å². The molecule has 0 aromatic heterocycles. The number of aliphatic hydroxyl groups excluding tert-OH is 1. The molecule has 1 amide bonds. The number of aliphatic hydroxyl groups is 1. The van der Waals surface area contributed by atoms with Crippen LogP contribution in [0.15, 0.2) is 24.3 Å². The molecule has 0 fully saturated rings. The first-order chi connectivity index (χ1) is 9.63. The van der Waals surface area contributed by atoms with Gasteiger partial charge in [-0.05, 0) is 30.2 Å². The molecule has 1 aromatic rings. The van der Waals surface area contributed by atoms with Crippen molar-refractivity contribution in [1.29, 1.82) is 0 Å². The summed E-state index contributed by atoms with van der Waals surface area (Å²) in [4.78, 5) is 11.5. The molecule has 0 atom stereocenters. The predicted molar refractivity (Wildman–Crippen MR) is 81.0 cm³/mol. The van der Waals surface area contributed by atoms with Gasteiger partial charge in [-0.25, -0.2) is 0 Å². The average molecular weight is 318 g/mol. The van der Waals surface area contributed by atoms with E-state index in [-0.39, 0.29) is 12.5 Å². The zero-order valence-electron chi connectivity index (χ0n) is 10.9. The predicted octanol–water partition coefficient (Wildman–Crippen LogP) is 2.52. The summed E-state index contributed by atoms with van der Waals surface area (Å²) in [5.41, 5.74) is 0.806. The van der Waals surface area contributed by atoms with Crippen LogP contribution in [0.1, 0.15) is 12.0 Å². The lowest BCUT2D eigenvalue weighted by atomic mass is 10.2. The molecule has 0 bridgehead atoms. The summed E-state index contributed by atoms with van der Waals surface area (Å²) >= 11 is 11.7. The number of ether oxygens (including phenoxy) is 1. The zero-order valence-corrected chi connectivity index (χ0v) is 12.5. The van der Waals surface area contributed by atoms with Gasteiger partial charge >= 0.3 is 0 Å². The van der Waals surface area contributed by atoms with Crippen molar-refractivity contribution in [2.45, 2.75) is 6.42 Å². The standard InChI is InChI=1S/C14H17Cl2NO3/c15-12-4-2-11(10-13(12)16)3-5-14(19)17-6-1-8-20-9-7-18/h2-5,10,18H,1,6-9H2,(H,17,19)/b5-3+. The van der Waals surface area contributed by atoms with E-state index < -0.39 is 0 Å². The summed E-state index contributed by atoms with van der Waals surface area (Å²) < 4.78 is 5.07. The Bertz CT molecular complexity index is 464. The first kappa shape index (κ1) is 17.0. The first-order valence-electron chi connectivity index (χ1n) is 6.23. The van der Waals surface area contributed by atoms with Gasteiger partial charge in [0.15, 0.2) is 0 Å². The molecule has 0 spiro atoms. The maximum atomic E-state index is 11.5. The van der Waals surface area contributed by atoms with Gasteiger partial charge in [-0.3, -0.25) is 4.79 Å². The minimum absolute atomic E-state index is 0.0126. The number of halogens is 2. The van der Waals surface area contributed by atoms with E-state index in [1.807, 2.05) is 0 Å². The third kappa shape index (κ3) is 6.91. The van der Waals surface area contributed by atoms with Crippen LogP contribution in [0.2, 0.25) is 10.0 Å². The molecule has 0 radical (unpaired) electrons. The largest absolute Gasteiger partial charge is 0.394 e. The summed E-state index contributed by atoms with van der Waals surface area (Å²) in [5, 5.41) is 12.2. The smallest absolute Gasteiger partial charge is 0.244 e. The second-order valence-electron chi connectivity index (χ2n) is 3.99. The normalized spacial score (nSPS) is 10.9. The van der Waals surface area contributed by atoms with Gasteiger partial charge in [0.25, 0.3) is 0 Å². The second kappa shape index (κ2) is 9.77. The third-order valence-corrected chi connectivity index (χ3v) is 3.11. The number of carbonyl (C=O) groups is 1. The number of carbonyl (C=O) groups excluding carboxylic acids is 1. The Morgan fingerprint density at radius 2 is 2.10 bits per heavy atom. The lowest BCUT2D eigenvalue weighted by molar-refractivity contribution is -0.116. The number of rotatable bonds is 8. The molecule has 0 saturated heterocycles. The first-order valence-corrected chi connectivity index (χ1v) is 6.98. The van der Waals surface area contributed by atoms with Gasteiger partial charge in [-0.2, -0.15) is 0 Å². The van der Waals surface area contributed by atoms with E-state index in [9.17, 15) is 4.79 Å². The van der Waals surface area contributed by atoms with Gasteiger partial charge in [0, 0.05) is 19.2 Å². The van der Waals surface area contributed by atoms with E-state index in [1.165, 1.54) is 6.08 Å². The van der Waals surface area contributed by atoms with Crippen molar-refractivity contribution < 1.29 is 14.6 Å². The fourth-order valence-corrected chi connectivity index (χ4v) is 1.71. The number of amides is 1. The lowest BCUT2D eigenvalue weighted by Crippen LogP contribution is -2.23. The third-order valence-electron chi connectivity index (χ3n) is 2.37. The lowest BCUT2D eigenvalue weighted by Gasteiger charge is -2.03. The minimum atomic E-state index is -0.182. The number of hydrogen-bond donors (Lipinski definition) is 2. The summed E-state index contributed by atoms with van der Waals surface area (Å²) in [6.45, 7) is 1.37. The van der Waals surface area contributed by atoms with Crippen molar-refractivity contribution in [2.75, 3.05) is 26.4 Å². The molecule has 4 nitrogen and oxygen atoms in total. The van der Waals surface area contributed by atoms with Gasteiger partial charge in [-0.15, -0.1) is 0 Å². The highest BCUT2D eigenvalue weighted by Gasteiger charge is 1.98. The molecule has 1 aromatic carbocycles. The number of hydrogen-bond acceptors (Lipinski definition) is 3. The van der Waals surface area contributed by atoms with Crippen molar-refractivity contribution >= 4 is 35.2 Å². The van der Waals surface area contributed by atoms with Gasteiger partial charge in [0.05, 0.1) is 23.3 Å². The molecule has 0 saturated carbocycles. The zero-order chi connectivity index (χ0) is 14.8. The van der Waals surface area contributed by atoms with E-state index in [0.717, 1.165) is 5.56 Å². The van der Waals surface area contributed by atoms with E-state index in [4.69, 9.17) is 33.0 Å². The van der Waals surface area contributed by atoms with E-state index in [2.05, 4.69) is 5.32 Å². The maximum absolute atomic E-state index is 11.5. The molecular weight excluding hydrogens is 301 g/mol. The Balaban J connectivity index is 2.27. The van der Waals surface area contributed by atoms with Crippen LogP contribution < -0.4 is 5.32 Å². The number of benzene rings is 1. The summed E-state index contributed by atoms with van der Waals surface area (Å²) in [6.07, 6.45) is 3.81. The molecule has 20 heavy (non-hydrogen) atoms. The molecule has 0 unspecified atom stereocenters. The quantitative estimate of drug-likeness (QED) is 0.572. The van der Waals surface area contributed by atoms with Crippen LogP contribution in [-0.2, 0) is 9.53 Å². The molecule has 6 heteroatoms. The maximum Gasteiger partial charge on any atom is 0.244 e. The fourth-order valence-electron chi connectivity index (χ4n) is 1.40. The molecule has 1 rings (SSSR count). The second-order valence-corrected chi connectivity index (χ2v) is 4.80. The summed E-state index contributed by atoms with van der Waals surface area (Å²) in [5.74, 6) is -0.182. The van der Waals surface area contributed by atoms with Crippen LogP contribution in [0.3, 0.4) is 0 Å². The Morgan fingerprint density at radius 3 is 2.80 bits per heavy atom. The Labute approximate surface area is 128 Å². The van der Waals surface area contributed by atoms with Crippen LogP contribution in [-0.4, -0.2) is 37.4 Å². The van der Waals surface area contributed by atoms with Gasteiger partial charge in [0.2, 0.25) is 5.91 Å². The van der Waals surface area contributed by atoms with E-state index >= 15 is 0 Å². The molecule has 110 valence electrons. The number of nitrogens with one attached hydrogen (secondary N) is 1. The Kier molecular flexibility index (Phi) is 8.30. The molecule has 0 aliphatic carbocycles.